The first kappa shape index (κ1) is 16.2. The van der Waals surface area contributed by atoms with Crippen molar-refractivity contribution in [3.8, 4) is 0 Å². The van der Waals surface area contributed by atoms with Gasteiger partial charge in [0.15, 0.2) is 5.69 Å². The average Bonchev–Trinajstić information content (AvgIpc) is 2.83. The van der Waals surface area contributed by atoms with Gasteiger partial charge in [0.1, 0.15) is 5.01 Å². The molecule has 1 amide bonds. The van der Waals surface area contributed by atoms with E-state index in [0.29, 0.717) is 12.8 Å². The van der Waals surface area contributed by atoms with Gasteiger partial charge in [-0.15, -0.1) is 23.7 Å². The van der Waals surface area contributed by atoms with E-state index in [1.165, 1.54) is 11.9 Å². The summed E-state index contributed by atoms with van der Waals surface area (Å²) >= 11 is 0.887. The van der Waals surface area contributed by atoms with Gasteiger partial charge in [-0.05, 0) is 12.8 Å². The number of aromatic nitrogens is 1. The molecular weight excluding hydrogens is 303 g/mol. The van der Waals surface area contributed by atoms with Crippen molar-refractivity contribution in [2.75, 3.05) is 7.05 Å². The first-order valence-electron chi connectivity index (χ1n) is 5.28. The maximum atomic E-state index is 12.3. The van der Waals surface area contributed by atoms with Crippen molar-refractivity contribution in [3.63, 3.8) is 0 Å². The second kappa shape index (κ2) is 5.26. The van der Waals surface area contributed by atoms with E-state index in [-0.39, 0.29) is 29.9 Å². The van der Waals surface area contributed by atoms with Crippen molar-refractivity contribution in [3.05, 3.63) is 16.1 Å². The number of thiazole rings is 1. The molecule has 0 radical (unpaired) electrons. The fourth-order valence-electron chi connectivity index (χ4n) is 1.52. The van der Waals surface area contributed by atoms with Crippen LogP contribution in [0.15, 0.2) is 5.38 Å². The lowest BCUT2D eigenvalue weighted by atomic mass is 10.2. The zero-order chi connectivity index (χ0) is 13.6. The molecule has 0 atom stereocenters. The molecule has 1 aliphatic rings. The van der Waals surface area contributed by atoms with Crippen molar-refractivity contribution in [2.24, 2.45) is 5.73 Å². The number of rotatable bonds is 3. The minimum absolute atomic E-state index is 0. The number of nitrogens with two attached hydrogens (primary N) is 1. The topological polar surface area (TPSA) is 59.2 Å². The molecule has 2 rings (SSSR count). The van der Waals surface area contributed by atoms with Crippen LogP contribution in [0, 0.1) is 0 Å². The van der Waals surface area contributed by atoms with Crippen molar-refractivity contribution in [2.45, 2.75) is 31.1 Å². The highest BCUT2D eigenvalue weighted by Gasteiger charge is 2.47. The van der Waals surface area contributed by atoms with Crippen LogP contribution in [0.4, 0.5) is 13.2 Å². The maximum absolute atomic E-state index is 12.3. The lowest BCUT2D eigenvalue weighted by Crippen LogP contribution is -2.43. The van der Waals surface area contributed by atoms with E-state index in [0.717, 1.165) is 16.7 Å². The molecule has 1 aromatic rings. The van der Waals surface area contributed by atoms with Gasteiger partial charge in [0.2, 0.25) is 5.91 Å². The lowest BCUT2D eigenvalue weighted by molar-refractivity contribution is -0.140. The van der Waals surface area contributed by atoms with Gasteiger partial charge in [-0.3, -0.25) is 4.79 Å². The van der Waals surface area contributed by atoms with Gasteiger partial charge >= 0.3 is 6.18 Å². The molecule has 1 aliphatic carbocycles. The van der Waals surface area contributed by atoms with E-state index in [2.05, 4.69) is 4.98 Å². The molecule has 0 aromatic carbocycles. The van der Waals surface area contributed by atoms with E-state index >= 15 is 0 Å². The summed E-state index contributed by atoms with van der Waals surface area (Å²) in [6.45, 7) is 0.0541. The van der Waals surface area contributed by atoms with Crippen LogP contribution < -0.4 is 5.73 Å². The first-order valence-corrected chi connectivity index (χ1v) is 6.16. The standard InChI is InChI=1S/C10H12F3N3OS.ClH/c1-16(8(17)9(14)2-3-9)4-7-15-6(5-18-7)10(11,12)13;/h5H,2-4,14H2,1H3;1H. The van der Waals surface area contributed by atoms with Gasteiger partial charge in [0.05, 0.1) is 12.1 Å². The van der Waals surface area contributed by atoms with E-state index < -0.39 is 17.4 Å². The van der Waals surface area contributed by atoms with E-state index in [9.17, 15) is 18.0 Å². The number of hydrogen-bond acceptors (Lipinski definition) is 4. The highest BCUT2D eigenvalue weighted by atomic mass is 35.5. The van der Waals surface area contributed by atoms with Gasteiger partial charge in [0.25, 0.3) is 0 Å². The van der Waals surface area contributed by atoms with Crippen LogP contribution in [-0.4, -0.2) is 28.4 Å². The zero-order valence-corrected chi connectivity index (χ0v) is 11.7. The van der Waals surface area contributed by atoms with E-state index in [1.807, 2.05) is 0 Å². The van der Waals surface area contributed by atoms with Gasteiger partial charge in [-0.2, -0.15) is 13.2 Å². The monoisotopic (exact) mass is 315 g/mol. The Morgan fingerprint density at radius 2 is 2.16 bits per heavy atom. The Morgan fingerprint density at radius 3 is 2.58 bits per heavy atom. The molecular formula is C10H13ClF3N3OS. The molecule has 4 nitrogen and oxygen atoms in total. The van der Waals surface area contributed by atoms with Crippen LogP contribution >= 0.6 is 23.7 Å². The smallest absolute Gasteiger partial charge is 0.337 e. The van der Waals surface area contributed by atoms with Gasteiger partial charge in [-0.25, -0.2) is 4.98 Å². The highest BCUT2D eigenvalue weighted by molar-refractivity contribution is 7.09. The minimum Gasteiger partial charge on any atom is -0.337 e. The number of nitrogens with zero attached hydrogens (tertiary/aromatic N) is 2. The SMILES string of the molecule is CN(Cc1nc(C(F)(F)F)cs1)C(=O)C1(N)CC1.Cl. The van der Waals surface area contributed by atoms with Crippen LogP contribution in [0.2, 0.25) is 0 Å². The molecule has 1 fully saturated rings. The van der Waals surface area contributed by atoms with Crippen LogP contribution in [0.1, 0.15) is 23.5 Å². The quantitative estimate of drug-likeness (QED) is 0.928. The number of halogens is 4. The molecule has 9 heteroatoms. The molecule has 0 saturated heterocycles. The van der Waals surface area contributed by atoms with Crippen LogP contribution in [-0.2, 0) is 17.5 Å². The summed E-state index contributed by atoms with van der Waals surface area (Å²) in [5, 5.41) is 1.20. The van der Waals surface area contributed by atoms with E-state index in [4.69, 9.17) is 5.73 Å². The number of hydrogen-bond donors (Lipinski definition) is 1. The fraction of sp³-hybridized carbons (Fsp3) is 0.600. The first-order chi connectivity index (χ1) is 8.22. The number of likely N-dealkylation sites (N-methyl/N-ethyl adjacent to an activating group) is 1. The fourth-order valence-corrected chi connectivity index (χ4v) is 2.37. The summed E-state index contributed by atoms with van der Waals surface area (Å²) < 4.78 is 37.0. The molecule has 1 saturated carbocycles. The lowest BCUT2D eigenvalue weighted by Gasteiger charge is -2.19. The Kier molecular flexibility index (Phi) is 4.48. The van der Waals surface area contributed by atoms with Crippen molar-refractivity contribution < 1.29 is 18.0 Å². The van der Waals surface area contributed by atoms with Crippen molar-refractivity contribution >= 4 is 29.7 Å². The molecule has 0 spiro atoms. The Bertz CT molecular complexity index is 473. The Morgan fingerprint density at radius 1 is 1.58 bits per heavy atom. The highest BCUT2D eigenvalue weighted by Crippen LogP contribution is 2.34. The second-order valence-electron chi connectivity index (χ2n) is 4.44. The molecule has 1 aromatic heterocycles. The normalized spacial score (nSPS) is 16.7. The van der Waals surface area contributed by atoms with Crippen molar-refractivity contribution in [1.29, 1.82) is 0 Å². The average molecular weight is 316 g/mol. The molecule has 19 heavy (non-hydrogen) atoms. The molecule has 1 heterocycles. The molecule has 0 bridgehead atoms. The Labute approximate surface area is 118 Å². The summed E-state index contributed by atoms with van der Waals surface area (Å²) in [7, 11) is 1.52. The second-order valence-corrected chi connectivity index (χ2v) is 5.38. The van der Waals surface area contributed by atoms with Crippen LogP contribution in [0.3, 0.4) is 0 Å². The number of carbonyl (C=O) groups excluding carboxylic acids is 1. The predicted octanol–water partition coefficient (Wildman–Crippen LogP) is 2.03. The van der Waals surface area contributed by atoms with Gasteiger partial charge < -0.3 is 10.6 Å². The van der Waals surface area contributed by atoms with Gasteiger partial charge in [0, 0.05) is 12.4 Å². The number of carbonyl (C=O) groups is 1. The Hall–Kier alpha value is -0.860. The zero-order valence-electron chi connectivity index (χ0n) is 10.0. The third-order valence-electron chi connectivity index (χ3n) is 2.78. The minimum atomic E-state index is -4.44. The Balaban J connectivity index is 0.00000180. The van der Waals surface area contributed by atoms with Gasteiger partial charge in [-0.1, -0.05) is 0 Å². The van der Waals surface area contributed by atoms with Crippen molar-refractivity contribution in [1.82, 2.24) is 9.88 Å². The third-order valence-corrected chi connectivity index (χ3v) is 3.61. The maximum Gasteiger partial charge on any atom is 0.434 e. The number of amides is 1. The van der Waals surface area contributed by atoms with E-state index in [1.54, 1.807) is 0 Å². The number of alkyl halides is 3. The summed E-state index contributed by atoms with van der Waals surface area (Å²) in [6.07, 6.45) is -3.19. The van der Waals surface area contributed by atoms with Crippen LogP contribution in [0.5, 0.6) is 0 Å². The summed E-state index contributed by atoms with van der Waals surface area (Å²) in [4.78, 5) is 16.6. The largest absolute Gasteiger partial charge is 0.434 e. The summed E-state index contributed by atoms with van der Waals surface area (Å²) in [5.41, 5.74) is 4.01. The molecule has 2 N–H and O–H groups in total. The molecule has 0 unspecified atom stereocenters. The third kappa shape index (κ3) is 3.58. The molecule has 108 valence electrons. The molecule has 0 aliphatic heterocycles. The van der Waals surface area contributed by atoms with Crippen LogP contribution in [0.25, 0.3) is 0 Å². The summed E-state index contributed by atoms with van der Waals surface area (Å²) in [6, 6.07) is 0. The predicted molar refractivity (Wildman–Crippen MR) is 67.0 cm³/mol. The summed E-state index contributed by atoms with van der Waals surface area (Å²) in [5.74, 6) is -0.244.